The van der Waals surface area contributed by atoms with Crippen molar-refractivity contribution in [2.75, 3.05) is 0 Å². The molecule has 0 atom stereocenters. The SMILES string of the molecule is O=c1[nH]c2cnn(COCc3ccccc3)c(=O)c2[nH]1. The van der Waals surface area contributed by atoms with Crippen LogP contribution in [0.15, 0.2) is 46.1 Å². The predicted molar refractivity (Wildman–Crippen MR) is 72.2 cm³/mol. The van der Waals surface area contributed by atoms with Gasteiger partial charge in [-0.3, -0.25) is 4.79 Å². The van der Waals surface area contributed by atoms with Crippen molar-refractivity contribution in [2.24, 2.45) is 0 Å². The minimum atomic E-state index is -0.429. The van der Waals surface area contributed by atoms with Gasteiger partial charge in [0.2, 0.25) is 0 Å². The minimum Gasteiger partial charge on any atom is -0.354 e. The lowest BCUT2D eigenvalue weighted by Gasteiger charge is -2.05. The first kappa shape index (κ1) is 12.4. The molecule has 3 aromatic rings. The topological polar surface area (TPSA) is 92.8 Å². The van der Waals surface area contributed by atoms with Crippen LogP contribution in [0.5, 0.6) is 0 Å². The Labute approximate surface area is 112 Å². The van der Waals surface area contributed by atoms with E-state index in [-0.39, 0.29) is 12.2 Å². The maximum absolute atomic E-state index is 12.0. The number of rotatable bonds is 4. The van der Waals surface area contributed by atoms with E-state index in [1.165, 1.54) is 6.20 Å². The number of aromatic amines is 2. The van der Waals surface area contributed by atoms with Crippen molar-refractivity contribution < 1.29 is 4.74 Å². The third-order valence-corrected chi connectivity index (χ3v) is 2.86. The lowest BCUT2D eigenvalue weighted by molar-refractivity contribution is 0.0532. The van der Waals surface area contributed by atoms with Crippen LogP contribution in [0, 0.1) is 0 Å². The third-order valence-electron chi connectivity index (χ3n) is 2.86. The van der Waals surface area contributed by atoms with Gasteiger partial charge in [-0.05, 0) is 5.56 Å². The number of imidazole rings is 1. The maximum atomic E-state index is 12.0. The Hall–Kier alpha value is -2.67. The summed E-state index contributed by atoms with van der Waals surface area (Å²) in [5, 5.41) is 3.94. The molecule has 0 fully saturated rings. The van der Waals surface area contributed by atoms with Gasteiger partial charge in [-0.1, -0.05) is 30.3 Å². The molecular weight excluding hydrogens is 260 g/mol. The van der Waals surface area contributed by atoms with E-state index < -0.39 is 11.2 Å². The summed E-state index contributed by atoms with van der Waals surface area (Å²) in [5.41, 5.74) is 0.778. The predicted octanol–water partition coefficient (Wildman–Crippen LogP) is 0.587. The molecule has 0 aliphatic rings. The lowest BCUT2D eigenvalue weighted by atomic mass is 10.2. The second kappa shape index (κ2) is 5.14. The normalized spacial score (nSPS) is 11.0. The van der Waals surface area contributed by atoms with E-state index in [9.17, 15) is 9.59 Å². The molecule has 0 unspecified atom stereocenters. The first-order chi connectivity index (χ1) is 9.74. The van der Waals surface area contributed by atoms with Crippen LogP contribution >= 0.6 is 0 Å². The van der Waals surface area contributed by atoms with Crippen molar-refractivity contribution in [1.82, 2.24) is 19.7 Å². The van der Waals surface area contributed by atoms with Crippen LogP contribution in [0.25, 0.3) is 11.0 Å². The molecule has 0 amide bonds. The summed E-state index contributed by atoms with van der Waals surface area (Å²) >= 11 is 0. The molecule has 0 spiro atoms. The van der Waals surface area contributed by atoms with Crippen molar-refractivity contribution in [3.63, 3.8) is 0 Å². The summed E-state index contributed by atoms with van der Waals surface area (Å²) in [6.45, 7) is 0.410. The molecule has 0 saturated carbocycles. The van der Waals surface area contributed by atoms with Crippen LogP contribution in [-0.2, 0) is 18.1 Å². The van der Waals surface area contributed by atoms with Crippen molar-refractivity contribution in [2.45, 2.75) is 13.3 Å². The van der Waals surface area contributed by atoms with Crippen LogP contribution in [0.1, 0.15) is 5.56 Å². The Morgan fingerprint density at radius 1 is 1.15 bits per heavy atom. The van der Waals surface area contributed by atoms with Gasteiger partial charge >= 0.3 is 5.69 Å². The Morgan fingerprint density at radius 3 is 2.75 bits per heavy atom. The molecule has 7 heteroatoms. The van der Waals surface area contributed by atoms with Crippen LogP contribution in [0.3, 0.4) is 0 Å². The fourth-order valence-electron chi connectivity index (χ4n) is 1.89. The molecule has 0 radical (unpaired) electrons. The third kappa shape index (κ3) is 2.39. The average Bonchev–Trinajstić information content (AvgIpc) is 2.84. The largest absolute Gasteiger partial charge is 0.354 e. The van der Waals surface area contributed by atoms with Crippen LogP contribution in [0.4, 0.5) is 0 Å². The summed E-state index contributed by atoms with van der Waals surface area (Å²) in [6, 6.07) is 9.62. The average molecular weight is 272 g/mol. The molecular formula is C13H12N4O3. The highest BCUT2D eigenvalue weighted by Gasteiger charge is 2.06. The highest BCUT2D eigenvalue weighted by Crippen LogP contribution is 2.01. The molecule has 0 saturated heterocycles. The number of aromatic nitrogens is 4. The van der Waals surface area contributed by atoms with E-state index in [2.05, 4.69) is 15.1 Å². The monoisotopic (exact) mass is 272 g/mol. The van der Waals surface area contributed by atoms with Gasteiger partial charge in [0.15, 0.2) is 0 Å². The van der Waals surface area contributed by atoms with Crippen LogP contribution < -0.4 is 11.2 Å². The van der Waals surface area contributed by atoms with Crippen molar-refractivity contribution in [1.29, 1.82) is 0 Å². The fourth-order valence-corrected chi connectivity index (χ4v) is 1.89. The summed E-state index contributed by atoms with van der Waals surface area (Å²) < 4.78 is 6.60. The summed E-state index contributed by atoms with van der Waals surface area (Å²) in [4.78, 5) is 28.1. The Bertz CT molecular complexity index is 832. The second-order valence-corrected chi connectivity index (χ2v) is 4.28. The Balaban J connectivity index is 1.76. The van der Waals surface area contributed by atoms with Gasteiger partial charge < -0.3 is 14.7 Å². The molecule has 102 valence electrons. The molecule has 0 aliphatic carbocycles. The van der Waals surface area contributed by atoms with Crippen LogP contribution in [0.2, 0.25) is 0 Å². The molecule has 0 bridgehead atoms. The van der Waals surface area contributed by atoms with Gasteiger partial charge in [-0.15, -0.1) is 0 Å². The number of fused-ring (bicyclic) bond motifs is 1. The molecule has 2 heterocycles. The summed E-state index contributed by atoms with van der Waals surface area (Å²) in [7, 11) is 0. The van der Waals surface area contributed by atoms with Crippen molar-refractivity contribution in [3.05, 3.63) is 62.9 Å². The number of nitrogens with zero attached hydrogens (tertiary/aromatic N) is 2. The van der Waals surface area contributed by atoms with Crippen molar-refractivity contribution in [3.8, 4) is 0 Å². The molecule has 0 aliphatic heterocycles. The Morgan fingerprint density at radius 2 is 1.95 bits per heavy atom. The molecule has 3 rings (SSSR count). The van der Waals surface area contributed by atoms with Gasteiger partial charge in [-0.2, -0.15) is 5.10 Å². The van der Waals surface area contributed by atoms with Gasteiger partial charge in [-0.25, -0.2) is 9.48 Å². The Kier molecular flexibility index (Phi) is 3.18. The number of nitrogens with one attached hydrogen (secondary N) is 2. The number of H-pyrrole nitrogens is 2. The quantitative estimate of drug-likeness (QED) is 0.727. The zero-order valence-corrected chi connectivity index (χ0v) is 10.5. The standard InChI is InChI=1S/C13H12N4O3/c18-12-11-10(15-13(19)16-11)6-14-17(12)8-20-7-9-4-2-1-3-5-9/h1-6H,7-8H2,(H2,15,16,19). The van der Waals surface area contributed by atoms with Gasteiger partial charge in [0, 0.05) is 0 Å². The van der Waals surface area contributed by atoms with E-state index in [4.69, 9.17) is 4.74 Å². The smallest absolute Gasteiger partial charge is 0.324 e. The zero-order valence-electron chi connectivity index (χ0n) is 10.5. The van der Waals surface area contributed by atoms with E-state index in [0.29, 0.717) is 12.1 Å². The molecule has 2 N–H and O–H groups in total. The number of hydrogen-bond donors (Lipinski definition) is 2. The highest BCUT2D eigenvalue weighted by atomic mass is 16.5. The number of ether oxygens (including phenoxy) is 1. The van der Waals surface area contributed by atoms with Crippen LogP contribution in [-0.4, -0.2) is 19.7 Å². The van der Waals surface area contributed by atoms with Crippen molar-refractivity contribution >= 4 is 11.0 Å². The molecule has 20 heavy (non-hydrogen) atoms. The van der Waals surface area contributed by atoms with E-state index >= 15 is 0 Å². The fraction of sp³-hybridized carbons (Fsp3) is 0.154. The first-order valence-electron chi connectivity index (χ1n) is 6.04. The van der Waals surface area contributed by atoms with E-state index in [1.807, 2.05) is 30.3 Å². The molecule has 7 nitrogen and oxygen atoms in total. The molecule has 1 aromatic carbocycles. The van der Waals surface area contributed by atoms with E-state index in [0.717, 1.165) is 10.2 Å². The van der Waals surface area contributed by atoms with Gasteiger partial charge in [0.1, 0.15) is 12.2 Å². The highest BCUT2D eigenvalue weighted by molar-refractivity contribution is 5.71. The first-order valence-corrected chi connectivity index (χ1v) is 6.04. The summed E-state index contributed by atoms with van der Waals surface area (Å²) in [5.74, 6) is 0. The zero-order chi connectivity index (χ0) is 13.9. The maximum Gasteiger partial charge on any atom is 0.324 e. The number of hydrogen-bond acceptors (Lipinski definition) is 4. The van der Waals surface area contributed by atoms with Gasteiger partial charge in [0.05, 0.1) is 18.3 Å². The minimum absolute atomic E-state index is 0.0247. The number of benzene rings is 1. The van der Waals surface area contributed by atoms with Gasteiger partial charge in [0.25, 0.3) is 5.56 Å². The lowest BCUT2D eigenvalue weighted by Crippen LogP contribution is -2.24. The second-order valence-electron chi connectivity index (χ2n) is 4.28. The van der Waals surface area contributed by atoms with E-state index in [1.54, 1.807) is 0 Å². The molecule has 2 aromatic heterocycles. The summed E-state index contributed by atoms with van der Waals surface area (Å²) in [6.07, 6.45) is 1.42.